The third kappa shape index (κ3) is 5.17. The van der Waals surface area contributed by atoms with Crippen LogP contribution in [0.1, 0.15) is 5.56 Å². The van der Waals surface area contributed by atoms with Crippen LogP contribution in [0.2, 0.25) is 0 Å². The first-order valence-corrected chi connectivity index (χ1v) is 7.61. The van der Waals surface area contributed by atoms with Gasteiger partial charge in [-0.15, -0.1) is 0 Å². The molecule has 0 aliphatic rings. The number of alkyl halides is 2. The van der Waals surface area contributed by atoms with Crippen LogP contribution in [-0.4, -0.2) is 16.6 Å². The van der Waals surface area contributed by atoms with Gasteiger partial charge in [-0.1, -0.05) is 30.0 Å². The molecule has 0 saturated heterocycles. The molecule has 0 aliphatic carbocycles. The van der Waals surface area contributed by atoms with Crippen molar-refractivity contribution in [1.82, 2.24) is 0 Å². The normalized spacial score (nSPS) is 11.0. The van der Waals surface area contributed by atoms with Crippen molar-refractivity contribution in [2.24, 2.45) is 0 Å². The summed E-state index contributed by atoms with van der Waals surface area (Å²) in [5.41, 5.74) is 0.536. The van der Waals surface area contributed by atoms with Crippen LogP contribution in [0.5, 0.6) is 0 Å². The smallest absolute Gasteiger partial charge is 0.288 e. The van der Waals surface area contributed by atoms with Crippen molar-refractivity contribution in [3.63, 3.8) is 0 Å². The van der Waals surface area contributed by atoms with Gasteiger partial charge in [0.15, 0.2) is 0 Å². The van der Waals surface area contributed by atoms with Crippen LogP contribution in [0, 0.1) is 10.1 Å². The van der Waals surface area contributed by atoms with Crippen molar-refractivity contribution in [3.05, 3.63) is 70.3 Å². The van der Waals surface area contributed by atoms with Crippen molar-refractivity contribution in [2.75, 3.05) is 5.32 Å². The Morgan fingerprint density at radius 1 is 1.21 bits per heavy atom. The van der Waals surface area contributed by atoms with Crippen molar-refractivity contribution in [2.45, 2.75) is 10.7 Å². The predicted octanol–water partition coefficient (Wildman–Crippen LogP) is 4.56. The number of nitro benzene ring substituents is 1. The summed E-state index contributed by atoms with van der Waals surface area (Å²) in [5.74, 6) is -3.07. The maximum absolute atomic E-state index is 12.3. The Kier molecular flexibility index (Phi) is 6.02. The number of carbonyl (C=O) groups is 1. The van der Waals surface area contributed by atoms with E-state index in [-0.39, 0.29) is 5.69 Å². The molecule has 0 spiro atoms. The van der Waals surface area contributed by atoms with Crippen molar-refractivity contribution >= 4 is 35.1 Å². The molecule has 2 aromatic rings. The van der Waals surface area contributed by atoms with Gasteiger partial charge in [-0.25, -0.2) is 0 Å². The molecule has 1 N–H and O–H groups in total. The van der Waals surface area contributed by atoms with E-state index in [0.717, 1.165) is 6.08 Å². The van der Waals surface area contributed by atoms with E-state index in [0.29, 0.717) is 27.9 Å². The van der Waals surface area contributed by atoms with E-state index in [1.807, 2.05) is 0 Å². The first-order valence-electron chi connectivity index (χ1n) is 6.73. The average Bonchev–Trinajstić information content (AvgIpc) is 2.53. The summed E-state index contributed by atoms with van der Waals surface area (Å²) in [6, 6.07) is 12.0. The summed E-state index contributed by atoms with van der Waals surface area (Å²) < 4.78 is 24.7. The largest absolute Gasteiger partial charge is 0.322 e. The van der Waals surface area contributed by atoms with Crippen molar-refractivity contribution < 1.29 is 18.5 Å². The van der Waals surface area contributed by atoms with Gasteiger partial charge >= 0.3 is 0 Å². The Balaban J connectivity index is 2.07. The highest BCUT2D eigenvalue weighted by Gasteiger charge is 2.10. The highest BCUT2D eigenvalue weighted by Crippen LogP contribution is 2.27. The molecule has 0 atom stereocenters. The second-order valence-corrected chi connectivity index (χ2v) is 5.61. The first-order chi connectivity index (χ1) is 11.5. The number of para-hydroxylation sites is 1. The predicted molar refractivity (Wildman–Crippen MR) is 89.1 cm³/mol. The molecular formula is C16H12F2N2O3S. The molecule has 0 heterocycles. The number of nitrogens with one attached hydrogen (secondary N) is 1. The molecular weight excluding hydrogens is 338 g/mol. The Morgan fingerprint density at radius 2 is 1.96 bits per heavy atom. The Morgan fingerprint density at radius 3 is 2.67 bits per heavy atom. The Labute approximate surface area is 140 Å². The highest BCUT2D eigenvalue weighted by molar-refractivity contribution is 7.99. The van der Waals surface area contributed by atoms with Crippen LogP contribution >= 0.6 is 11.8 Å². The minimum Gasteiger partial charge on any atom is -0.322 e. The number of rotatable bonds is 6. The maximum Gasteiger partial charge on any atom is 0.288 e. The zero-order valence-corrected chi connectivity index (χ0v) is 13.0. The number of hydrogen-bond donors (Lipinski definition) is 1. The zero-order chi connectivity index (χ0) is 17.5. The minimum atomic E-state index is -2.55. The molecule has 0 radical (unpaired) electrons. The van der Waals surface area contributed by atoms with Crippen LogP contribution in [0.15, 0.2) is 59.5 Å². The maximum atomic E-state index is 12.3. The van der Waals surface area contributed by atoms with E-state index in [1.54, 1.807) is 18.2 Å². The monoisotopic (exact) mass is 350 g/mol. The van der Waals surface area contributed by atoms with E-state index in [1.165, 1.54) is 36.4 Å². The van der Waals surface area contributed by atoms with E-state index >= 15 is 0 Å². The molecule has 2 aromatic carbocycles. The quantitative estimate of drug-likeness (QED) is 0.359. The number of nitro groups is 1. The van der Waals surface area contributed by atoms with Gasteiger partial charge in [0, 0.05) is 22.7 Å². The molecule has 124 valence electrons. The molecule has 0 aliphatic heterocycles. The molecule has 0 aromatic heterocycles. The van der Waals surface area contributed by atoms with E-state index in [2.05, 4.69) is 5.32 Å². The molecule has 1 amide bonds. The molecule has 5 nitrogen and oxygen atoms in total. The van der Waals surface area contributed by atoms with E-state index in [9.17, 15) is 23.7 Å². The standard InChI is InChI=1S/C16H12F2N2O3S/c17-16(18)24-13-6-3-5-12(10-13)19-15(21)9-8-11-4-1-2-7-14(11)20(22)23/h1-10,16H,(H,19,21)/b9-8+. The fourth-order valence-electron chi connectivity index (χ4n) is 1.89. The number of nitrogens with zero attached hydrogens (tertiary/aromatic N) is 1. The van der Waals surface area contributed by atoms with Crippen LogP contribution in [-0.2, 0) is 4.79 Å². The summed E-state index contributed by atoms with van der Waals surface area (Å²) >= 11 is 0.377. The molecule has 0 bridgehead atoms. The summed E-state index contributed by atoms with van der Waals surface area (Å²) in [6.45, 7) is 0. The van der Waals surface area contributed by atoms with E-state index < -0.39 is 16.6 Å². The lowest BCUT2D eigenvalue weighted by Crippen LogP contribution is -2.07. The third-order valence-corrected chi connectivity index (χ3v) is 3.58. The van der Waals surface area contributed by atoms with Gasteiger partial charge in [0.25, 0.3) is 11.4 Å². The minimum absolute atomic E-state index is 0.114. The summed E-state index contributed by atoms with van der Waals surface area (Å²) in [5, 5.41) is 13.4. The van der Waals surface area contributed by atoms with Gasteiger partial charge in [-0.05, 0) is 30.3 Å². The second kappa shape index (κ2) is 8.21. The van der Waals surface area contributed by atoms with Gasteiger partial charge in [0.2, 0.25) is 5.91 Å². The van der Waals surface area contributed by atoms with Crippen molar-refractivity contribution in [1.29, 1.82) is 0 Å². The summed E-state index contributed by atoms with van der Waals surface area (Å²) in [4.78, 5) is 22.6. The average molecular weight is 350 g/mol. The second-order valence-electron chi connectivity index (χ2n) is 4.54. The van der Waals surface area contributed by atoms with Crippen molar-refractivity contribution in [3.8, 4) is 0 Å². The zero-order valence-electron chi connectivity index (χ0n) is 12.2. The lowest BCUT2D eigenvalue weighted by atomic mass is 10.1. The number of carbonyl (C=O) groups excluding carboxylic acids is 1. The van der Waals surface area contributed by atoms with Gasteiger partial charge in [-0.2, -0.15) is 8.78 Å². The SMILES string of the molecule is O=C(/C=C/c1ccccc1[N+](=O)[O-])Nc1cccc(SC(F)F)c1. The number of benzene rings is 2. The summed E-state index contributed by atoms with van der Waals surface area (Å²) in [7, 11) is 0. The van der Waals surface area contributed by atoms with Crippen LogP contribution < -0.4 is 5.32 Å². The fraction of sp³-hybridized carbons (Fsp3) is 0.0625. The van der Waals surface area contributed by atoms with Gasteiger partial charge in [0.05, 0.1) is 10.5 Å². The number of hydrogen-bond acceptors (Lipinski definition) is 4. The van der Waals surface area contributed by atoms with Gasteiger partial charge in [-0.3, -0.25) is 14.9 Å². The highest BCUT2D eigenvalue weighted by atomic mass is 32.2. The van der Waals surface area contributed by atoms with E-state index in [4.69, 9.17) is 0 Å². The van der Waals surface area contributed by atoms with Crippen LogP contribution in [0.3, 0.4) is 0 Å². The summed E-state index contributed by atoms with van der Waals surface area (Å²) in [6.07, 6.45) is 2.47. The lowest BCUT2D eigenvalue weighted by molar-refractivity contribution is -0.385. The lowest BCUT2D eigenvalue weighted by Gasteiger charge is -2.05. The fourth-order valence-corrected chi connectivity index (χ4v) is 2.45. The Hall–Kier alpha value is -2.74. The third-order valence-electron chi connectivity index (χ3n) is 2.87. The topological polar surface area (TPSA) is 72.2 Å². The molecule has 8 heteroatoms. The van der Waals surface area contributed by atoms with Gasteiger partial charge in [0.1, 0.15) is 0 Å². The number of thioether (sulfide) groups is 1. The number of anilines is 1. The van der Waals surface area contributed by atoms with Crippen LogP contribution in [0.25, 0.3) is 6.08 Å². The number of amides is 1. The number of halogens is 2. The van der Waals surface area contributed by atoms with Gasteiger partial charge < -0.3 is 5.32 Å². The molecule has 0 saturated carbocycles. The molecule has 0 unspecified atom stereocenters. The molecule has 24 heavy (non-hydrogen) atoms. The van der Waals surface area contributed by atoms with Crippen LogP contribution in [0.4, 0.5) is 20.2 Å². The Bertz CT molecular complexity index is 781. The molecule has 2 rings (SSSR count). The first kappa shape index (κ1) is 17.6. The molecule has 0 fully saturated rings.